The van der Waals surface area contributed by atoms with Crippen LogP contribution in [-0.2, 0) is 11.3 Å². The first kappa shape index (κ1) is 16.7. The third-order valence-corrected chi connectivity index (χ3v) is 3.88. The van der Waals surface area contributed by atoms with Crippen LogP contribution in [0, 0.1) is 0 Å². The Labute approximate surface area is 138 Å². The van der Waals surface area contributed by atoms with E-state index in [1.165, 1.54) is 0 Å². The quantitative estimate of drug-likeness (QED) is 0.873. The number of halogens is 2. The van der Waals surface area contributed by atoms with E-state index in [1.807, 2.05) is 13.8 Å². The van der Waals surface area contributed by atoms with E-state index < -0.39 is 5.97 Å². The van der Waals surface area contributed by atoms with Gasteiger partial charge in [0.2, 0.25) is 0 Å². The number of rotatable bonds is 6. The van der Waals surface area contributed by atoms with Crippen LogP contribution in [0.25, 0.3) is 5.69 Å². The maximum Gasteiger partial charge on any atom is 0.317 e. The Hall–Kier alpha value is -1.63. The largest absolute Gasteiger partial charge is 0.480 e. The zero-order valence-corrected chi connectivity index (χ0v) is 13.7. The first-order chi connectivity index (χ1) is 10.4. The standard InChI is InChI=1S/C14H16Cl2N4O2/c1-9(2)19(8-14(21)22)6-10-7-20(18-17-10)11-3-4-12(15)13(16)5-11/h3-5,7,9H,6,8H2,1-2H3,(H,21,22). The third kappa shape index (κ3) is 4.19. The van der Waals surface area contributed by atoms with Crippen LogP contribution >= 0.6 is 23.2 Å². The predicted octanol–water partition coefficient (Wildman–Crippen LogP) is 2.87. The van der Waals surface area contributed by atoms with E-state index in [-0.39, 0.29) is 12.6 Å². The number of nitrogens with zero attached hydrogens (tertiary/aromatic N) is 4. The second-order valence-corrected chi connectivity index (χ2v) is 5.96. The van der Waals surface area contributed by atoms with Crippen LogP contribution in [0.5, 0.6) is 0 Å². The molecule has 0 fully saturated rings. The van der Waals surface area contributed by atoms with Crippen LogP contribution in [0.3, 0.4) is 0 Å². The molecule has 1 N–H and O–H groups in total. The van der Waals surface area contributed by atoms with E-state index in [0.717, 1.165) is 5.69 Å². The molecule has 0 bridgehead atoms. The number of aromatic nitrogens is 3. The Morgan fingerprint density at radius 2 is 2.09 bits per heavy atom. The molecule has 2 aromatic rings. The van der Waals surface area contributed by atoms with Crippen molar-refractivity contribution < 1.29 is 9.90 Å². The zero-order chi connectivity index (χ0) is 16.3. The van der Waals surface area contributed by atoms with Gasteiger partial charge in [-0.25, -0.2) is 4.68 Å². The molecule has 0 saturated carbocycles. The summed E-state index contributed by atoms with van der Waals surface area (Å²) in [6, 6.07) is 5.25. The maximum absolute atomic E-state index is 10.9. The van der Waals surface area contributed by atoms with Gasteiger partial charge in [0.25, 0.3) is 0 Å². The lowest BCUT2D eigenvalue weighted by Crippen LogP contribution is -2.35. The van der Waals surface area contributed by atoms with Crippen molar-refractivity contribution in [3.8, 4) is 5.69 Å². The topological polar surface area (TPSA) is 71.2 Å². The Balaban J connectivity index is 2.16. The highest BCUT2D eigenvalue weighted by molar-refractivity contribution is 6.42. The third-order valence-electron chi connectivity index (χ3n) is 3.14. The monoisotopic (exact) mass is 342 g/mol. The molecule has 2 rings (SSSR count). The number of hydrogen-bond acceptors (Lipinski definition) is 4. The summed E-state index contributed by atoms with van der Waals surface area (Å²) >= 11 is 11.9. The molecular weight excluding hydrogens is 327 g/mol. The SMILES string of the molecule is CC(C)N(CC(=O)O)Cc1cn(-c2ccc(Cl)c(Cl)c2)nn1. The fourth-order valence-corrected chi connectivity index (χ4v) is 2.22. The lowest BCUT2D eigenvalue weighted by molar-refractivity contribution is -0.139. The fraction of sp³-hybridized carbons (Fsp3) is 0.357. The van der Waals surface area contributed by atoms with Crippen molar-refractivity contribution in [1.29, 1.82) is 0 Å². The van der Waals surface area contributed by atoms with Gasteiger partial charge in [-0.3, -0.25) is 9.69 Å². The highest BCUT2D eigenvalue weighted by Crippen LogP contribution is 2.24. The number of carboxylic acid groups (broad SMARTS) is 1. The lowest BCUT2D eigenvalue weighted by atomic mass is 10.3. The Kier molecular flexibility index (Phi) is 5.39. The van der Waals surface area contributed by atoms with Gasteiger partial charge in [-0.15, -0.1) is 5.10 Å². The summed E-state index contributed by atoms with van der Waals surface area (Å²) in [6.07, 6.45) is 1.75. The van der Waals surface area contributed by atoms with E-state index >= 15 is 0 Å². The fourth-order valence-electron chi connectivity index (χ4n) is 1.93. The molecule has 1 heterocycles. The molecule has 8 heteroatoms. The summed E-state index contributed by atoms with van der Waals surface area (Å²) in [5, 5.41) is 18.0. The van der Waals surface area contributed by atoms with E-state index in [1.54, 1.807) is 34.0 Å². The van der Waals surface area contributed by atoms with Crippen LogP contribution in [0.15, 0.2) is 24.4 Å². The van der Waals surface area contributed by atoms with Crippen molar-refractivity contribution >= 4 is 29.2 Å². The van der Waals surface area contributed by atoms with E-state index in [0.29, 0.717) is 22.3 Å². The lowest BCUT2D eigenvalue weighted by Gasteiger charge is -2.22. The van der Waals surface area contributed by atoms with Crippen molar-refractivity contribution in [3.05, 3.63) is 40.1 Å². The first-order valence-corrected chi connectivity index (χ1v) is 7.45. The van der Waals surface area contributed by atoms with Gasteiger partial charge in [0.05, 0.1) is 34.2 Å². The summed E-state index contributed by atoms with van der Waals surface area (Å²) in [5.74, 6) is -0.870. The Bertz CT molecular complexity index is 673. The van der Waals surface area contributed by atoms with Crippen molar-refractivity contribution in [3.63, 3.8) is 0 Å². The van der Waals surface area contributed by atoms with E-state index in [9.17, 15) is 4.79 Å². The van der Waals surface area contributed by atoms with Gasteiger partial charge < -0.3 is 5.11 Å². The highest BCUT2D eigenvalue weighted by Gasteiger charge is 2.16. The minimum Gasteiger partial charge on any atom is -0.480 e. The van der Waals surface area contributed by atoms with Gasteiger partial charge in [0.1, 0.15) is 0 Å². The molecule has 0 aliphatic rings. The van der Waals surface area contributed by atoms with E-state index in [2.05, 4.69) is 10.3 Å². The summed E-state index contributed by atoms with van der Waals surface area (Å²) in [6.45, 7) is 4.24. The van der Waals surface area contributed by atoms with Crippen LogP contribution in [0.4, 0.5) is 0 Å². The summed E-state index contributed by atoms with van der Waals surface area (Å²) in [4.78, 5) is 12.7. The summed E-state index contributed by atoms with van der Waals surface area (Å²) in [7, 11) is 0. The molecule has 0 spiro atoms. The summed E-state index contributed by atoms with van der Waals surface area (Å²) < 4.78 is 1.58. The van der Waals surface area contributed by atoms with Crippen molar-refractivity contribution in [2.45, 2.75) is 26.4 Å². The van der Waals surface area contributed by atoms with Crippen LogP contribution in [0.2, 0.25) is 10.0 Å². The van der Waals surface area contributed by atoms with Crippen molar-refractivity contribution in [1.82, 2.24) is 19.9 Å². The van der Waals surface area contributed by atoms with Gasteiger partial charge in [-0.2, -0.15) is 0 Å². The number of carbonyl (C=O) groups is 1. The van der Waals surface area contributed by atoms with Crippen LogP contribution in [0.1, 0.15) is 19.5 Å². The number of benzene rings is 1. The average molecular weight is 343 g/mol. The van der Waals surface area contributed by atoms with Gasteiger partial charge in [-0.05, 0) is 32.0 Å². The van der Waals surface area contributed by atoms with Gasteiger partial charge in [0.15, 0.2) is 0 Å². The van der Waals surface area contributed by atoms with Crippen LogP contribution in [-0.4, -0.2) is 43.6 Å². The molecule has 0 saturated heterocycles. The molecule has 0 aliphatic carbocycles. The number of aliphatic carboxylic acids is 1. The zero-order valence-electron chi connectivity index (χ0n) is 12.2. The Morgan fingerprint density at radius 3 is 2.68 bits per heavy atom. The molecule has 0 unspecified atom stereocenters. The first-order valence-electron chi connectivity index (χ1n) is 6.69. The number of carboxylic acids is 1. The Morgan fingerprint density at radius 1 is 1.36 bits per heavy atom. The average Bonchev–Trinajstić information content (AvgIpc) is 2.89. The smallest absolute Gasteiger partial charge is 0.317 e. The minimum absolute atomic E-state index is 0.0443. The van der Waals surface area contributed by atoms with Gasteiger partial charge in [0, 0.05) is 12.6 Å². The molecule has 6 nitrogen and oxygen atoms in total. The van der Waals surface area contributed by atoms with Gasteiger partial charge >= 0.3 is 5.97 Å². The van der Waals surface area contributed by atoms with Crippen LogP contribution < -0.4 is 0 Å². The maximum atomic E-state index is 10.9. The second kappa shape index (κ2) is 7.09. The minimum atomic E-state index is -0.870. The van der Waals surface area contributed by atoms with Gasteiger partial charge in [-0.1, -0.05) is 28.4 Å². The second-order valence-electron chi connectivity index (χ2n) is 5.15. The predicted molar refractivity (Wildman–Crippen MR) is 84.6 cm³/mol. The molecule has 0 radical (unpaired) electrons. The van der Waals surface area contributed by atoms with Crippen molar-refractivity contribution in [2.75, 3.05) is 6.54 Å². The normalized spacial score (nSPS) is 11.4. The molecule has 0 aliphatic heterocycles. The molecule has 0 atom stereocenters. The molecular formula is C14H16Cl2N4O2. The highest BCUT2D eigenvalue weighted by atomic mass is 35.5. The number of hydrogen-bond donors (Lipinski definition) is 1. The molecule has 118 valence electrons. The molecule has 1 aromatic carbocycles. The van der Waals surface area contributed by atoms with Crippen molar-refractivity contribution in [2.24, 2.45) is 0 Å². The summed E-state index contributed by atoms with van der Waals surface area (Å²) in [5.41, 5.74) is 1.42. The van der Waals surface area contributed by atoms with E-state index in [4.69, 9.17) is 28.3 Å². The molecule has 0 amide bonds. The molecule has 1 aromatic heterocycles. The molecule has 22 heavy (non-hydrogen) atoms.